The molecule has 2 fully saturated rings. The van der Waals surface area contributed by atoms with Crippen LogP contribution in [0, 0.1) is 5.82 Å². The molecule has 0 atom stereocenters. The van der Waals surface area contributed by atoms with E-state index in [1.54, 1.807) is 12.1 Å². The first-order chi connectivity index (χ1) is 13.1. The van der Waals surface area contributed by atoms with E-state index in [0.29, 0.717) is 18.5 Å². The van der Waals surface area contributed by atoms with Gasteiger partial charge < -0.3 is 20.0 Å². The Morgan fingerprint density at radius 1 is 0.964 bits per heavy atom. The van der Waals surface area contributed by atoms with Crippen LogP contribution in [0.5, 0.6) is 0 Å². The first-order valence-electron chi connectivity index (χ1n) is 9.85. The van der Waals surface area contributed by atoms with Crippen molar-refractivity contribution >= 4 is 24.2 Å². The Morgan fingerprint density at radius 3 is 2.46 bits per heavy atom. The maximum absolute atomic E-state index is 13.3. The average molecular weight is 413 g/mol. The van der Waals surface area contributed by atoms with Crippen LogP contribution in [-0.2, 0) is 16.0 Å². The third-order valence-electron chi connectivity index (χ3n) is 5.30. The predicted octanol–water partition coefficient (Wildman–Crippen LogP) is 1.15. The zero-order chi connectivity index (χ0) is 19.1. The molecule has 0 aromatic heterocycles. The number of nitrogens with one attached hydrogen (secondary N) is 1. The van der Waals surface area contributed by atoms with Gasteiger partial charge in [0, 0.05) is 58.8 Å². The van der Waals surface area contributed by atoms with Gasteiger partial charge >= 0.3 is 0 Å². The van der Waals surface area contributed by atoms with Gasteiger partial charge in [-0.3, -0.25) is 9.59 Å². The molecular weight excluding hydrogens is 383 g/mol. The summed E-state index contributed by atoms with van der Waals surface area (Å²) in [5.74, 6) is -0.0457. The fourth-order valence-corrected chi connectivity index (χ4v) is 3.70. The molecule has 0 bridgehead atoms. The van der Waals surface area contributed by atoms with Crippen molar-refractivity contribution in [3.63, 3.8) is 0 Å². The lowest BCUT2D eigenvalue weighted by atomic mass is 10.1. The van der Waals surface area contributed by atoms with Crippen molar-refractivity contribution in [2.24, 2.45) is 0 Å². The van der Waals surface area contributed by atoms with Crippen molar-refractivity contribution in [3.8, 4) is 0 Å². The third-order valence-corrected chi connectivity index (χ3v) is 5.30. The van der Waals surface area contributed by atoms with E-state index in [1.165, 1.54) is 12.1 Å². The van der Waals surface area contributed by atoms with E-state index in [9.17, 15) is 14.0 Å². The highest BCUT2D eigenvalue weighted by atomic mass is 35.5. The minimum absolute atomic E-state index is 0. The van der Waals surface area contributed by atoms with E-state index < -0.39 is 0 Å². The summed E-state index contributed by atoms with van der Waals surface area (Å²) in [6.07, 6.45) is 1.67. The molecule has 2 heterocycles. The van der Waals surface area contributed by atoms with Crippen LogP contribution in [0.15, 0.2) is 24.3 Å². The van der Waals surface area contributed by atoms with E-state index >= 15 is 0 Å². The summed E-state index contributed by atoms with van der Waals surface area (Å²) in [6.45, 7) is 7.14. The summed E-state index contributed by atoms with van der Waals surface area (Å²) in [7, 11) is 0. The number of piperazine rings is 1. The largest absolute Gasteiger partial charge is 0.341 e. The summed E-state index contributed by atoms with van der Waals surface area (Å²) in [4.78, 5) is 30.9. The Morgan fingerprint density at radius 2 is 1.71 bits per heavy atom. The molecule has 0 aliphatic carbocycles. The molecule has 0 spiro atoms. The van der Waals surface area contributed by atoms with Crippen LogP contribution in [0.1, 0.15) is 18.4 Å². The minimum atomic E-state index is -0.309. The number of halogens is 2. The number of hydrogen-bond donors (Lipinski definition) is 1. The van der Waals surface area contributed by atoms with Crippen LogP contribution < -0.4 is 5.32 Å². The van der Waals surface area contributed by atoms with Gasteiger partial charge in [0.25, 0.3) is 0 Å². The summed E-state index contributed by atoms with van der Waals surface area (Å²) in [5.41, 5.74) is 0.711. The SMILES string of the molecule is Cl.O=C(CCN1CCCN(C(=O)Cc2cccc(F)c2)CC1)N1CCNCC1. The lowest BCUT2D eigenvalue weighted by Crippen LogP contribution is -2.47. The van der Waals surface area contributed by atoms with Crippen molar-refractivity contribution < 1.29 is 14.0 Å². The van der Waals surface area contributed by atoms with Crippen LogP contribution in [0.4, 0.5) is 4.39 Å². The zero-order valence-electron chi connectivity index (χ0n) is 16.2. The van der Waals surface area contributed by atoms with Gasteiger partial charge in [-0.2, -0.15) is 0 Å². The fourth-order valence-electron chi connectivity index (χ4n) is 3.70. The number of rotatable bonds is 5. The molecule has 3 rings (SSSR count). The van der Waals surface area contributed by atoms with E-state index in [2.05, 4.69) is 10.2 Å². The second-order valence-corrected chi connectivity index (χ2v) is 7.26. The van der Waals surface area contributed by atoms with Gasteiger partial charge in [0.05, 0.1) is 6.42 Å². The quantitative estimate of drug-likeness (QED) is 0.788. The predicted molar refractivity (Wildman–Crippen MR) is 109 cm³/mol. The van der Waals surface area contributed by atoms with E-state index in [0.717, 1.165) is 58.8 Å². The lowest BCUT2D eigenvalue weighted by Gasteiger charge is -2.28. The molecule has 0 unspecified atom stereocenters. The highest BCUT2D eigenvalue weighted by molar-refractivity contribution is 5.85. The third kappa shape index (κ3) is 6.72. The molecular formula is C20H30ClFN4O2. The monoisotopic (exact) mass is 412 g/mol. The number of amides is 2. The minimum Gasteiger partial charge on any atom is -0.341 e. The lowest BCUT2D eigenvalue weighted by molar-refractivity contribution is -0.132. The standard InChI is InChI=1S/C20H29FN4O2.ClH/c21-18-4-1-3-17(15-18)16-20(27)24-9-2-8-23(13-14-24)10-5-19(26)25-11-6-22-7-12-25;/h1,3-4,15,22H,2,5-14,16H2;1H. The molecule has 0 saturated carbocycles. The number of carbonyl (C=O) groups is 2. The summed E-state index contributed by atoms with van der Waals surface area (Å²) >= 11 is 0. The zero-order valence-corrected chi connectivity index (χ0v) is 17.1. The van der Waals surface area contributed by atoms with E-state index in [4.69, 9.17) is 0 Å². The molecule has 2 amide bonds. The second kappa shape index (κ2) is 11.3. The van der Waals surface area contributed by atoms with Gasteiger partial charge in [-0.1, -0.05) is 12.1 Å². The highest BCUT2D eigenvalue weighted by Crippen LogP contribution is 2.10. The molecule has 28 heavy (non-hydrogen) atoms. The molecule has 1 aromatic carbocycles. The van der Waals surface area contributed by atoms with Gasteiger partial charge in [0.15, 0.2) is 0 Å². The van der Waals surface area contributed by atoms with Crippen LogP contribution >= 0.6 is 12.4 Å². The average Bonchev–Trinajstić information content (AvgIpc) is 2.92. The normalized spacial score (nSPS) is 18.3. The molecule has 156 valence electrons. The van der Waals surface area contributed by atoms with Crippen LogP contribution in [0.25, 0.3) is 0 Å². The molecule has 8 heteroatoms. The molecule has 2 aliphatic rings. The molecule has 1 N–H and O–H groups in total. The van der Waals surface area contributed by atoms with E-state index in [1.807, 2.05) is 9.80 Å². The van der Waals surface area contributed by atoms with Gasteiger partial charge in [-0.05, 0) is 30.7 Å². The maximum Gasteiger partial charge on any atom is 0.227 e. The smallest absolute Gasteiger partial charge is 0.227 e. The van der Waals surface area contributed by atoms with Crippen LogP contribution in [0.3, 0.4) is 0 Å². The van der Waals surface area contributed by atoms with Gasteiger partial charge in [-0.15, -0.1) is 12.4 Å². The number of hydrogen-bond acceptors (Lipinski definition) is 4. The topological polar surface area (TPSA) is 55.9 Å². The number of nitrogens with zero attached hydrogens (tertiary/aromatic N) is 3. The van der Waals surface area contributed by atoms with Crippen LogP contribution in [-0.4, -0.2) is 85.4 Å². The van der Waals surface area contributed by atoms with Gasteiger partial charge in [0.2, 0.25) is 11.8 Å². The van der Waals surface area contributed by atoms with Gasteiger partial charge in [-0.25, -0.2) is 4.39 Å². The van der Waals surface area contributed by atoms with Crippen molar-refractivity contribution in [1.29, 1.82) is 0 Å². The molecule has 1 aromatic rings. The van der Waals surface area contributed by atoms with Crippen LogP contribution in [0.2, 0.25) is 0 Å². The van der Waals surface area contributed by atoms with Crippen molar-refractivity contribution in [1.82, 2.24) is 20.0 Å². The van der Waals surface area contributed by atoms with Gasteiger partial charge in [0.1, 0.15) is 5.82 Å². The van der Waals surface area contributed by atoms with Crippen molar-refractivity contribution in [2.75, 3.05) is 58.9 Å². The maximum atomic E-state index is 13.3. The first kappa shape index (κ1) is 22.6. The first-order valence-corrected chi connectivity index (χ1v) is 9.85. The van der Waals surface area contributed by atoms with Crippen molar-refractivity contribution in [3.05, 3.63) is 35.6 Å². The van der Waals surface area contributed by atoms with Crippen molar-refractivity contribution in [2.45, 2.75) is 19.3 Å². The molecule has 2 aliphatic heterocycles. The number of benzene rings is 1. The summed E-state index contributed by atoms with van der Waals surface area (Å²) in [6, 6.07) is 6.23. The molecule has 2 saturated heterocycles. The Hall–Kier alpha value is -1.70. The van der Waals surface area contributed by atoms with E-state index in [-0.39, 0.29) is 36.5 Å². The molecule has 0 radical (unpaired) electrons. The number of carbonyl (C=O) groups excluding carboxylic acids is 2. The Kier molecular flexibility index (Phi) is 9.15. The fraction of sp³-hybridized carbons (Fsp3) is 0.600. The Labute approximate surface area is 172 Å². The summed E-state index contributed by atoms with van der Waals surface area (Å²) < 4.78 is 13.3. The second-order valence-electron chi connectivity index (χ2n) is 7.26. The Balaban J connectivity index is 0.00000280. The molecule has 6 nitrogen and oxygen atoms in total. The Bertz CT molecular complexity index is 655. The highest BCUT2D eigenvalue weighted by Gasteiger charge is 2.21. The summed E-state index contributed by atoms with van der Waals surface area (Å²) in [5, 5.41) is 3.26.